The Kier molecular flexibility index (Phi) is 2.33. The molecule has 0 unspecified atom stereocenters. The van der Waals surface area contributed by atoms with Gasteiger partial charge in [-0.1, -0.05) is 12.1 Å². The first-order chi connectivity index (χ1) is 7.22. The monoisotopic (exact) mass is 202 g/mol. The van der Waals surface area contributed by atoms with E-state index in [1.807, 2.05) is 12.1 Å². The molecule has 0 radical (unpaired) electrons. The Hall–Kier alpha value is -1.97. The third-order valence-corrected chi connectivity index (χ3v) is 2.25. The number of carbonyl (C=O) groups excluding carboxylic acids is 1. The molecule has 1 heterocycles. The average molecular weight is 202 g/mol. The zero-order valence-corrected chi connectivity index (χ0v) is 8.52. The topological polar surface area (TPSA) is 51.0 Å². The van der Waals surface area contributed by atoms with Gasteiger partial charge in [0, 0.05) is 0 Å². The van der Waals surface area contributed by atoms with E-state index in [0.717, 1.165) is 11.3 Å². The summed E-state index contributed by atoms with van der Waals surface area (Å²) >= 11 is 0. The summed E-state index contributed by atoms with van der Waals surface area (Å²) in [4.78, 5) is 11.4. The number of azo groups is 1. The minimum atomic E-state index is -0.280. The standard InChI is InChI=1S/C11H10N2O2/c1-7-10(11(14)13-12-7)8-3-5-9(15-2)6-4-8/h3-6H,1-2H3. The number of amides is 1. The zero-order valence-electron chi connectivity index (χ0n) is 8.52. The maximum atomic E-state index is 11.4. The maximum absolute atomic E-state index is 11.4. The van der Waals surface area contributed by atoms with Crippen molar-refractivity contribution in [3.8, 4) is 5.75 Å². The molecule has 0 aromatic heterocycles. The van der Waals surface area contributed by atoms with Gasteiger partial charge < -0.3 is 4.74 Å². The highest BCUT2D eigenvalue weighted by atomic mass is 16.5. The van der Waals surface area contributed by atoms with Gasteiger partial charge in [-0.05, 0) is 24.6 Å². The normalized spacial score (nSPS) is 14.9. The Balaban J connectivity index is 2.39. The van der Waals surface area contributed by atoms with Crippen molar-refractivity contribution in [1.29, 1.82) is 0 Å². The molecule has 76 valence electrons. The van der Waals surface area contributed by atoms with Crippen LogP contribution >= 0.6 is 0 Å². The van der Waals surface area contributed by atoms with Gasteiger partial charge >= 0.3 is 0 Å². The molecule has 4 heteroatoms. The Morgan fingerprint density at radius 3 is 2.27 bits per heavy atom. The molecule has 15 heavy (non-hydrogen) atoms. The van der Waals surface area contributed by atoms with Gasteiger partial charge in [0.1, 0.15) is 5.75 Å². The quantitative estimate of drug-likeness (QED) is 0.739. The number of nitrogens with zero attached hydrogens (tertiary/aromatic N) is 2. The van der Waals surface area contributed by atoms with Crippen molar-refractivity contribution in [2.45, 2.75) is 6.92 Å². The summed E-state index contributed by atoms with van der Waals surface area (Å²) in [6, 6.07) is 7.26. The van der Waals surface area contributed by atoms with E-state index in [1.165, 1.54) is 0 Å². The van der Waals surface area contributed by atoms with Crippen LogP contribution in [0.4, 0.5) is 0 Å². The molecule has 1 aliphatic heterocycles. The van der Waals surface area contributed by atoms with Crippen molar-refractivity contribution in [1.82, 2.24) is 0 Å². The molecule has 1 aromatic rings. The van der Waals surface area contributed by atoms with E-state index < -0.39 is 0 Å². The van der Waals surface area contributed by atoms with E-state index in [4.69, 9.17) is 4.74 Å². The van der Waals surface area contributed by atoms with Gasteiger partial charge in [-0.2, -0.15) is 5.11 Å². The lowest BCUT2D eigenvalue weighted by atomic mass is 10.0. The molecule has 0 bridgehead atoms. The van der Waals surface area contributed by atoms with Crippen molar-refractivity contribution in [2.24, 2.45) is 10.2 Å². The first kappa shape index (κ1) is 9.58. The van der Waals surface area contributed by atoms with E-state index in [0.29, 0.717) is 11.3 Å². The third kappa shape index (κ3) is 1.66. The number of hydrogen-bond acceptors (Lipinski definition) is 3. The first-order valence-corrected chi connectivity index (χ1v) is 4.54. The molecule has 0 spiro atoms. The summed E-state index contributed by atoms with van der Waals surface area (Å²) in [6.45, 7) is 1.77. The van der Waals surface area contributed by atoms with Gasteiger partial charge in [0.05, 0.1) is 18.4 Å². The molecule has 0 atom stereocenters. The lowest BCUT2D eigenvalue weighted by Gasteiger charge is -2.02. The SMILES string of the molecule is COc1ccc(C2=C(C)N=NC2=O)cc1. The van der Waals surface area contributed by atoms with E-state index in [2.05, 4.69) is 10.2 Å². The van der Waals surface area contributed by atoms with E-state index >= 15 is 0 Å². The highest BCUT2D eigenvalue weighted by molar-refractivity contribution is 6.22. The molecule has 0 saturated heterocycles. The van der Waals surface area contributed by atoms with E-state index in [-0.39, 0.29) is 5.91 Å². The number of benzene rings is 1. The number of rotatable bonds is 2. The lowest BCUT2D eigenvalue weighted by molar-refractivity contribution is -0.112. The lowest BCUT2D eigenvalue weighted by Crippen LogP contribution is -1.95. The van der Waals surface area contributed by atoms with Crippen molar-refractivity contribution in [3.63, 3.8) is 0 Å². The summed E-state index contributed by atoms with van der Waals surface area (Å²) in [5, 5.41) is 7.24. The number of methoxy groups -OCH3 is 1. The van der Waals surface area contributed by atoms with Gasteiger partial charge in [0.2, 0.25) is 0 Å². The van der Waals surface area contributed by atoms with Crippen LogP contribution in [0.25, 0.3) is 5.57 Å². The first-order valence-electron chi connectivity index (χ1n) is 4.54. The van der Waals surface area contributed by atoms with Crippen LogP contribution in [0.5, 0.6) is 5.75 Å². The molecule has 0 aliphatic carbocycles. The Bertz CT molecular complexity index is 458. The molecule has 0 fully saturated rings. The van der Waals surface area contributed by atoms with Gasteiger partial charge in [-0.25, -0.2) is 0 Å². The van der Waals surface area contributed by atoms with Crippen molar-refractivity contribution >= 4 is 11.5 Å². The van der Waals surface area contributed by atoms with Gasteiger partial charge in [-0.15, -0.1) is 5.11 Å². The summed E-state index contributed by atoms with van der Waals surface area (Å²) < 4.78 is 5.04. The maximum Gasteiger partial charge on any atom is 0.297 e. The highest BCUT2D eigenvalue weighted by Gasteiger charge is 2.19. The van der Waals surface area contributed by atoms with Crippen LogP contribution in [-0.4, -0.2) is 13.0 Å². The van der Waals surface area contributed by atoms with Gasteiger partial charge in [-0.3, -0.25) is 4.79 Å². The number of ether oxygens (including phenoxy) is 1. The molecular weight excluding hydrogens is 192 g/mol. The summed E-state index contributed by atoms with van der Waals surface area (Å²) in [5.41, 5.74) is 2.05. The average Bonchev–Trinajstić information content (AvgIpc) is 2.59. The molecule has 0 N–H and O–H groups in total. The van der Waals surface area contributed by atoms with Gasteiger partial charge in [0.15, 0.2) is 0 Å². The minimum absolute atomic E-state index is 0.280. The number of hydrogen-bond donors (Lipinski definition) is 0. The second-order valence-electron chi connectivity index (χ2n) is 3.19. The fourth-order valence-electron chi connectivity index (χ4n) is 1.47. The summed E-state index contributed by atoms with van der Waals surface area (Å²) in [5.74, 6) is 0.481. The van der Waals surface area contributed by atoms with Crippen LogP contribution in [0.3, 0.4) is 0 Å². The molecule has 1 aromatic carbocycles. The van der Waals surface area contributed by atoms with Crippen molar-refractivity contribution in [2.75, 3.05) is 7.11 Å². The van der Waals surface area contributed by atoms with Crippen molar-refractivity contribution < 1.29 is 9.53 Å². The smallest absolute Gasteiger partial charge is 0.297 e. The van der Waals surface area contributed by atoms with Crippen LogP contribution < -0.4 is 4.74 Å². The molecule has 2 rings (SSSR count). The molecule has 0 saturated carbocycles. The largest absolute Gasteiger partial charge is 0.497 e. The Labute approximate surface area is 87.3 Å². The number of carbonyl (C=O) groups is 1. The van der Waals surface area contributed by atoms with E-state index in [9.17, 15) is 4.79 Å². The van der Waals surface area contributed by atoms with Gasteiger partial charge in [0.25, 0.3) is 5.91 Å². The Morgan fingerprint density at radius 1 is 1.13 bits per heavy atom. The Morgan fingerprint density at radius 2 is 1.80 bits per heavy atom. The molecule has 1 amide bonds. The zero-order chi connectivity index (χ0) is 10.8. The molecule has 1 aliphatic rings. The predicted octanol–water partition coefficient (Wildman–Crippen LogP) is 2.42. The number of allylic oxidation sites excluding steroid dienone is 1. The van der Waals surface area contributed by atoms with Crippen molar-refractivity contribution in [3.05, 3.63) is 35.5 Å². The fraction of sp³-hybridized carbons (Fsp3) is 0.182. The molecule has 4 nitrogen and oxygen atoms in total. The molecular formula is C11H10N2O2. The summed E-state index contributed by atoms with van der Waals surface area (Å²) in [7, 11) is 1.60. The second kappa shape index (κ2) is 3.65. The van der Waals surface area contributed by atoms with E-state index in [1.54, 1.807) is 26.2 Å². The second-order valence-corrected chi connectivity index (χ2v) is 3.19. The fourth-order valence-corrected chi connectivity index (χ4v) is 1.47. The van der Waals surface area contributed by atoms with Crippen LogP contribution in [0.1, 0.15) is 12.5 Å². The minimum Gasteiger partial charge on any atom is -0.497 e. The highest BCUT2D eigenvalue weighted by Crippen LogP contribution is 2.27. The van der Waals surface area contributed by atoms with Crippen LogP contribution in [-0.2, 0) is 4.79 Å². The van der Waals surface area contributed by atoms with Crippen LogP contribution in [0, 0.1) is 0 Å². The van der Waals surface area contributed by atoms with Crippen LogP contribution in [0.15, 0.2) is 40.2 Å². The summed E-state index contributed by atoms with van der Waals surface area (Å²) in [6.07, 6.45) is 0. The predicted molar refractivity (Wildman–Crippen MR) is 55.5 cm³/mol. The third-order valence-electron chi connectivity index (χ3n) is 2.25. The van der Waals surface area contributed by atoms with Crippen LogP contribution in [0.2, 0.25) is 0 Å².